The average Bonchev–Trinajstić information content (AvgIpc) is 3.09. The van der Waals surface area contributed by atoms with Crippen LogP contribution in [0.25, 0.3) is 6.20 Å². The molecule has 2 unspecified atom stereocenters. The Morgan fingerprint density at radius 1 is 1.35 bits per heavy atom. The lowest BCUT2D eigenvalue weighted by molar-refractivity contribution is -0.136. The van der Waals surface area contributed by atoms with Crippen LogP contribution in [0.15, 0.2) is 12.3 Å². The second kappa shape index (κ2) is 8.24. The monoisotopic (exact) mass is 431 g/mol. The van der Waals surface area contributed by atoms with Gasteiger partial charge in [0.25, 0.3) is 5.91 Å². The third-order valence-corrected chi connectivity index (χ3v) is 7.16. The Morgan fingerprint density at radius 3 is 2.61 bits per heavy atom. The summed E-state index contributed by atoms with van der Waals surface area (Å²) in [6, 6.07) is 0.106. The molecule has 0 saturated heterocycles. The molecule has 172 valence electrons. The molecule has 1 aromatic heterocycles. The van der Waals surface area contributed by atoms with E-state index in [9.17, 15) is 15.0 Å². The second-order valence-electron chi connectivity index (χ2n) is 11.2. The first-order valence-corrected chi connectivity index (χ1v) is 11.6. The lowest BCUT2D eigenvalue weighted by Crippen LogP contribution is -2.61. The summed E-state index contributed by atoms with van der Waals surface area (Å²) < 4.78 is 7.58. The van der Waals surface area contributed by atoms with E-state index in [1.54, 1.807) is 17.1 Å². The Bertz CT molecular complexity index is 828. The minimum atomic E-state index is -0.515. The van der Waals surface area contributed by atoms with Gasteiger partial charge in [-0.2, -0.15) is 5.10 Å². The lowest BCUT2D eigenvalue weighted by Gasteiger charge is -2.58. The van der Waals surface area contributed by atoms with E-state index in [4.69, 9.17) is 4.74 Å². The number of ether oxygens (including phenoxy) is 1. The van der Waals surface area contributed by atoms with Gasteiger partial charge in [0.15, 0.2) is 0 Å². The zero-order chi connectivity index (χ0) is 22.4. The molecule has 7 heteroatoms. The molecule has 31 heavy (non-hydrogen) atoms. The largest absolute Gasteiger partial charge is 0.477 e. The summed E-state index contributed by atoms with van der Waals surface area (Å²) in [6.45, 7) is 8.46. The van der Waals surface area contributed by atoms with Crippen LogP contribution in [0.1, 0.15) is 70.2 Å². The molecule has 4 aliphatic rings. The van der Waals surface area contributed by atoms with Crippen molar-refractivity contribution in [3.05, 3.63) is 17.8 Å². The van der Waals surface area contributed by atoms with Gasteiger partial charge in [-0.15, -0.1) is 0 Å². The van der Waals surface area contributed by atoms with Gasteiger partial charge in [-0.25, -0.2) is 4.68 Å². The molecule has 3 N–H and O–H groups in total. The van der Waals surface area contributed by atoms with Crippen molar-refractivity contribution in [2.75, 3.05) is 13.2 Å². The van der Waals surface area contributed by atoms with Crippen LogP contribution >= 0.6 is 0 Å². The van der Waals surface area contributed by atoms with E-state index in [1.165, 1.54) is 0 Å². The fraction of sp³-hybridized carbons (Fsp3) is 0.750. The van der Waals surface area contributed by atoms with Gasteiger partial charge in [-0.1, -0.05) is 33.8 Å². The third-order valence-electron chi connectivity index (χ3n) is 7.16. The zero-order valence-corrected chi connectivity index (χ0v) is 19.2. The Kier molecular flexibility index (Phi) is 5.94. The summed E-state index contributed by atoms with van der Waals surface area (Å²) in [5.41, 5.74) is -0.484. The Hall–Kier alpha value is -1.86. The molecule has 0 aromatic carbocycles. The molecule has 1 amide bonds. The fourth-order valence-electron chi connectivity index (χ4n) is 5.77. The summed E-state index contributed by atoms with van der Waals surface area (Å²) in [4.78, 5) is 13.3. The van der Waals surface area contributed by atoms with E-state index in [-0.39, 0.29) is 18.6 Å². The molecule has 0 spiro atoms. The molecule has 1 heterocycles. The first kappa shape index (κ1) is 22.3. The van der Waals surface area contributed by atoms with Crippen molar-refractivity contribution < 1.29 is 19.7 Å². The molecular weight excluding hydrogens is 394 g/mol. The molecule has 4 saturated carbocycles. The molecule has 7 nitrogen and oxygen atoms in total. The molecule has 4 bridgehead atoms. The van der Waals surface area contributed by atoms with Gasteiger partial charge >= 0.3 is 0 Å². The van der Waals surface area contributed by atoms with E-state index in [1.807, 2.05) is 19.9 Å². The number of hydrogen-bond donors (Lipinski definition) is 3. The van der Waals surface area contributed by atoms with E-state index in [0.717, 1.165) is 32.1 Å². The van der Waals surface area contributed by atoms with E-state index >= 15 is 0 Å². The Morgan fingerprint density at radius 2 is 2.03 bits per heavy atom. The maximum absolute atomic E-state index is 13.3. The second-order valence-corrected chi connectivity index (χ2v) is 11.2. The van der Waals surface area contributed by atoms with Crippen molar-refractivity contribution in [1.82, 2.24) is 15.1 Å². The van der Waals surface area contributed by atoms with Crippen LogP contribution in [0, 0.1) is 29.1 Å². The summed E-state index contributed by atoms with van der Waals surface area (Å²) in [5.74, 6) is 1.87. The van der Waals surface area contributed by atoms with Gasteiger partial charge in [0.05, 0.1) is 25.0 Å². The average molecular weight is 432 g/mol. The van der Waals surface area contributed by atoms with Gasteiger partial charge in [-0.05, 0) is 55.8 Å². The smallest absolute Gasteiger partial charge is 0.258 e. The van der Waals surface area contributed by atoms with Crippen molar-refractivity contribution >= 4 is 12.1 Å². The molecule has 4 aliphatic carbocycles. The summed E-state index contributed by atoms with van der Waals surface area (Å²) in [6.07, 6.45) is 9.88. The summed E-state index contributed by atoms with van der Waals surface area (Å²) in [7, 11) is 0. The molecule has 1 aromatic rings. The van der Waals surface area contributed by atoms with Crippen LogP contribution in [-0.2, 0) is 0 Å². The van der Waals surface area contributed by atoms with Gasteiger partial charge < -0.3 is 20.3 Å². The predicted molar refractivity (Wildman–Crippen MR) is 119 cm³/mol. The highest BCUT2D eigenvalue weighted by molar-refractivity contribution is 5.96. The number of rotatable bonds is 8. The highest BCUT2D eigenvalue weighted by Gasteiger charge is 2.55. The number of hydrogen-bond acceptors (Lipinski definition) is 5. The number of aromatic nitrogens is 2. The Balaban J connectivity index is 1.53. The normalized spacial score (nSPS) is 32.2. The summed E-state index contributed by atoms with van der Waals surface area (Å²) >= 11 is 0. The highest BCUT2D eigenvalue weighted by atomic mass is 16.5. The standard InChI is InChI=1S/C24H37N3O4/c1-15(2)13-31-22-19(12-25-27(22)6-5-23(3,4)14-28)21(29)26-20-17-7-16-8-18(20)11-24(30,9-16)10-17/h5-6,12,15-18,20,28,30H,7-11,13-14H2,1-4H3,(H,26,29). The molecule has 5 rings (SSSR count). The highest BCUT2D eigenvalue weighted by Crippen LogP contribution is 2.55. The Labute approximate surface area is 184 Å². The molecule has 4 fully saturated rings. The van der Waals surface area contributed by atoms with Crippen LogP contribution in [0.5, 0.6) is 5.88 Å². The van der Waals surface area contributed by atoms with Gasteiger partial charge in [0.2, 0.25) is 5.88 Å². The minimum Gasteiger partial charge on any atom is -0.477 e. The number of amides is 1. The number of nitrogens with zero attached hydrogens (tertiary/aromatic N) is 2. The fourth-order valence-corrected chi connectivity index (χ4v) is 5.77. The van der Waals surface area contributed by atoms with Crippen LogP contribution in [0.4, 0.5) is 0 Å². The number of carbonyl (C=O) groups excluding carboxylic acids is 1. The predicted octanol–water partition coefficient (Wildman–Crippen LogP) is 3.08. The SMILES string of the molecule is CC(C)COc1c(C(=O)NC2C3CC4CC2CC(O)(C4)C3)cnn1C=CC(C)(C)CO. The van der Waals surface area contributed by atoms with Crippen molar-refractivity contribution in [3.63, 3.8) is 0 Å². The van der Waals surface area contributed by atoms with Crippen LogP contribution in [0.2, 0.25) is 0 Å². The number of nitrogens with one attached hydrogen (secondary N) is 1. The summed E-state index contributed by atoms with van der Waals surface area (Å²) in [5, 5.41) is 28.0. The topological polar surface area (TPSA) is 96.6 Å². The number of aliphatic hydroxyl groups is 2. The first-order chi connectivity index (χ1) is 14.6. The van der Waals surface area contributed by atoms with Crippen LogP contribution in [0.3, 0.4) is 0 Å². The first-order valence-electron chi connectivity index (χ1n) is 11.6. The minimum absolute atomic E-state index is 0.0120. The maximum Gasteiger partial charge on any atom is 0.258 e. The zero-order valence-electron chi connectivity index (χ0n) is 19.2. The van der Waals surface area contributed by atoms with Gasteiger partial charge in [0, 0.05) is 17.7 Å². The van der Waals surface area contributed by atoms with Gasteiger partial charge in [-0.3, -0.25) is 4.79 Å². The van der Waals surface area contributed by atoms with E-state index in [0.29, 0.717) is 41.7 Å². The molecule has 0 radical (unpaired) electrons. The molecule has 2 atom stereocenters. The van der Waals surface area contributed by atoms with Crippen molar-refractivity contribution in [2.45, 2.75) is 71.4 Å². The van der Waals surface area contributed by atoms with Crippen molar-refractivity contribution in [2.24, 2.45) is 29.1 Å². The number of carbonyl (C=O) groups is 1. The van der Waals surface area contributed by atoms with E-state index in [2.05, 4.69) is 24.3 Å². The quantitative estimate of drug-likeness (QED) is 0.588. The number of aliphatic hydroxyl groups excluding tert-OH is 1. The lowest BCUT2D eigenvalue weighted by atomic mass is 9.52. The molecular formula is C24H37N3O4. The van der Waals surface area contributed by atoms with Crippen molar-refractivity contribution in [1.29, 1.82) is 0 Å². The van der Waals surface area contributed by atoms with Gasteiger partial charge in [0.1, 0.15) is 5.56 Å². The third kappa shape index (κ3) is 4.67. The van der Waals surface area contributed by atoms with Crippen molar-refractivity contribution in [3.8, 4) is 5.88 Å². The molecule has 0 aliphatic heterocycles. The van der Waals surface area contributed by atoms with Crippen LogP contribution in [-0.4, -0.2) is 50.8 Å². The van der Waals surface area contributed by atoms with E-state index < -0.39 is 11.0 Å². The van der Waals surface area contributed by atoms with Crippen LogP contribution < -0.4 is 10.1 Å². The maximum atomic E-state index is 13.3.